The van der Waals surface area contributed by atoms with Gasteiger partial charge in [0.15, 0.2) is 0 Å². The molecule has 0 fully saturated rings. The van der Waals surface area contributed by atoms with Crippen LogP contribution < -0.4 is 0 Å². The fourth-order valence-electron chi connectivity index (χ4n) is 1.01. The average Bonchev–Trinajstić information content (AvgIpc) is 2.19. The summed E-state index contributed by atoms with van der Waals surface area (Å²) in [4.78, 5) is 0. The summed E-state index contributed by atoms with van der Waals surface area (Å²) in [5, 5.41) is 0. The maximum Gasteiger partial charge on any atom is 0.0679 e. The van der Waals surface area contributed by atoms with Crippen LogP contribution in [0, 0.1) is 0 Å². The van der Waals surface area contributed by atoms with Gasteiger partial charge >= 0.3 is 0 Å². The van der Waals surface area contributed by atoms with Crippen molar-refractivity contribution in [2.45, 2.75) is 33.6 Å². The third kappa shape index (κ3) is 5.14. The van der Waals surface area contributed by atoms with Gasteiger partial charge in [0.25, 0.3) is 0 Å². The van der Waals surface area contributed by atoms with Crippen molar-refractivity contribution in [3.8, 4) is 0 Å². The van der Waals surface area contributed by atoms with E-state index in [4.69, 9.17) is 4.74 Å². The summed E-state index contributed by atoms with van der Waals surface area (Å²) in [5.74, 6) is 0. The van der Waals surface area contributed by atoms with E-state index >= 15 is 0 Å². The molecule has 0 atom stereocenters. The van der Waals surface area contributed by atoms with E-state index < -0.39 is 0 Å². The molecule has 12 heavy (non-hydrogen) atoms. The van der Waals surface area contributed by atoms with Crippen molar-refractivity contribution in [3.63, 3.8) is 0 Å². The molecule has 0 saturated heterocycles. The second-order valence-corrected chi connectivity index (χ2v) is 2.43. The lowest BCUT2D eigenvalue weighted by atomic mass is 10.1. The van der Waals surface area contributed by atoms with Crippen LogP contribution in [0.3, 0.4) is 0 Å². The molecule has 0 heterocycles. The first-order valence-electron chi connectivity index (χ1n) is 4.86. The van der Waals surface area contributed by atoms with Gasteiger partial charge in [0.2, 0.25) is 0 Å². The van der Waals surface area contributed by atoms with Crippen LogP contribution >= 0.6 is 0 Å². The summed E-state index contributed by atoms with van der Waals surface area (Å²) in [6.07, 6.45) is 8.81. The molecule has 0 spiro atoms. The van der Waals surface area contributed by atoms with E-state index in [1.165, 1.54) is 18.4 Å². The average molecular weight is 168 g/mol. The normalized spacial score (nSPS) is 14.8. The highest BCUT2D eigenvalue weighted by Gasteiger charge is 1.97. The number of hydrogen-bond donors (Lipinski definition) is 0. The molecule has 1 rings (SSSR count). The van der Waals surface area contributed by atoms with E-state index in [-0.39, 0.29) is 0 Å². The van der Waals surface area contributed by atoms with Gasteiger partial charge in [0, 0.05) is 6.61 Å². The molecule has 0 amide bonds. The Hall–Kier alpha value is -0.560. The Kier molecular flexibility index (Phi) is 8.14. The molecular weight excluding hydrogens is 148 g/mol. The summed E-state index contributed by atoms with van der Waals surface area (Å²) in [5.41, 5.74) is 1.42. The van der Waals surface area contributed by atoms with Crippen LogP contribution in [-0.2, 0) is 4.74 Å². The Morgan fingerprint density at radius 3 is 2.67 bits per heavy atom. The topological polar surface area (TPSA) is 9.23 Å². The molecule has 0 aromatic carbocycles. The lowest BCUT2D eigenvalue weighted by Gasteiger charge is -2.07. The first kappa shape index (κ1) is 11.4. The predicted molar refractivity (Wildman–Crippen MR) is 54.3 cm³/mol. The molecule has 1 nitrogen and oxygen atoms in total. The first-order valence-corrected chi connectivity index (χ1v) is 4.86. The number of allylic oxidation sites excluding steroid dienone is 3. The molecular formula is C11H20O. The van der Waals surface area contributed by atoms with E-state index in [2.05, 4.69) is 18.2 Å². The van der Waals surface area contributed by atoms with Gasteiger partial charge in [-0.2, -0.15) is 0 Å². The largest absolute Gasteiger partial charge is 0.377 e. The van der Waals surface area contributed by atoms with Gasteiger partial charge in [-0.1, -0.05) is 32.1 Å². The van der Waals surface area contributed by atoms with Gasteiger partial charge in [-0.25, -0.2) is 0 Å². The van der Waals surface area contributed by atoms with Crippen LogP contribution in [0.25, 0.3) is 0 Å². The molecule has 0 saturated carbocycles. The lowest BCUT2D eigenvalue weighted by Crippen LogP contribution is -1.98. The van der Waals surface area contributed by atoms with Crippen molar-refractivity contribution in [2.75, 3.05) is 13.2 Å². The van der Waals surface area contributed by atoms with Gasteiger partial charge in [-0.05, 0) is 25.3 Å². The van der Waals surface area contributed by atoms with Crippen molar-refractivity contribution < 1.29 is 4.74 Å². The molecule has 1 aliphatic rings. The Bertz CT molecular complexity index is 145. The molecule has 1 aliphatic carbocycles. The van der Waals surface area contributed by atoms with E-state index in [0.717, 1.165) is 13.2 Å². The molecule has 0 unspecified atom stereocenters. The second-order valence-electron chi connectivity index (χ2n) is 2.43. The summed E-state index contributed by atoms with van der Waals surface area (Å²) < 4.78 is 5.27. The van der Waals surface area contributed by atoms with Gasteiger partial charge in [-0.3, -0.25) is 0 Å². The molecule has 0 bridgehead atoms. The Balaban J connectivity index is 0.000000561. The van der Waals surface area contributed by atoms with E-state index in [9.17, 15) is 0 Å². The molecule has 0 radical (unpaired) electrons. The smallest absolute Gasteiger partial charge is 0.0679 e. The minimum atomic E-state index is 0.820. The first-order chi connectivity index (χ1) is 5.93. The third-order valence-corrected chi connectivity index (χ3v) is 1.59. The maximum absolute atomic E-state index is 5.27. The number of rotatable bonds is 3. The van der Waals surface area contributed by atoms with Crippen LogP contribution in [-0.4, -0.2) is 13.2 Å². The Morgan fingerprint density at radius 2 is 2.17 bits per heavy atom. The molecule has 0 aliphatic heterocycles. The van der Waals surface area contributed by atoms with E-state index in [0.29, 0.717) is 0 Å². The fourth-order valence-corrected chi connectivity index (χ4v) is 1.01. The zero-order valence-electron chi connectivity index (χ0n) is 8.47. The van der Waals surface area contributed by atoms with Crippen molar-refractivity contribution in [1.82, 2.24) is 0 Å². The monoisotopic (exact) mass is 168 g/mol. The predicted octanol–water partition coefficient (Wildman–Crippen LogP) is 3.33. The highest BCUT2D eigenvalue weighted by Crippen LogP contribution is 2.11. The minimum Gasteiger partial charge on any atom is -0.377 e. The highest BCUT2D eigenvalue weighted by atomic mass is 16.5. The van der Waals surface area contributed by atoms with E-state index in [1.54, 1.807) is 0 Å². The quantitative estimate of drug-likeness (QED) is 0.628. The highest BCUT2D eigenvalue weighted by molar-refractivity contribution is 5.17. The molecule has 1 heteroatoms. The zero-order valence-corrected chi connectivity index (χ0v) is 8.47. The molecule has 0 aromatic heterocycles. The van der Waals surface area contributed by atoms with Gasteiger partial charge in [0.05, 0.1) is 6.61 Å². The Labute approximate surface area is 76.1 Å². The Morgan fingerprint density at radius 1 is 1.42 bits per heavy atom. The van der Waals surface area contributed by atoms with Crippen molar-refractivity contribution in [1.29, 1.82) is 0 Å². The molecule has 0 aromatic rings. The summed E-state index contributed by atoms with van der Waals surface area (Å²) >= 11 is 0. The summed E-state index contributed by atoms with van der Waals surface area (Å²) in [6.45, 7) is 7.67. The SMILES string of the molecule is CC.CCOCC1=CC=CCC1. The molecule has 70 valence electrons. The number of hydrogen-bond acceptors (Lipinski definition) is 1. The summed E-state index contributed by atoms with van der Waals surface area (Å²) in [6, 6.07) is 0. The lowest BCUT2D eigenvalue weighted by molar-refractivity contribution is 0.168. The van der Waals surface area contributed by atoms with Crippen LogP contribution in [0.4, 0.5) is 0 Å². The number of ether oxygens (including phenoxy) is 1. The van der Waals surface area contributed by atoms with Crippen LogP contribution in [0.2, 0.25) is 0 Å². The van der Waals surface area contributed by atoms with Gasteiger partial charge in [0.1, 0.15) is 0 Å². The zero-order chi connectivity index (χ0) is 9.23. The van der Waals surface area contributed by atoms with Gasteiger partial charge < -0.3 is 4.74 Å². The fraction of sp³-hybridized carbons (Fsp3) is 0.636. The van der Waals surface area contributed by atoms with Crippen molar-refractivity contribution in [2.24, 2.45) is 0 Å². The third-order valence-electron chi connectivity index (χ3n) is 1.59. The van der Waals surface area contributed by atoms with Crippen molar-refractivity contribution in [3.05, 3.63) is 23.8 Å². The van der Waals surface area contributed by atoms with Gasteiger partial charge in [-0.15, -0.1) is 0 Å². The van der Waals surface area contributed by atoms with Crippen LogP contribution in [0.5, 0.6) is 0 Å². The standard InChI is InChI=1S/C9H14O.C2H6/c1-2-10-8-9-6-4-3-5-7-9;1-2/h3-4,6H,2,5,7-8H2,1H3;1-2H3. The van der Waals surface area contributed by atoms with Crippen LogP contribution in [0.1, 0.15) is 33.6 Å². The van der Waals surface area contributed by atoms with E-state index in [1.807, 2.05) is 20.8 Å². The minimum absolute atomic E-state index is 0.820. The maximum atomic E-state index is 5.27. The second kappa shape index (κ2) is 8.54. The molecule has 0 N–H and O–H groups in total. The summed E-state index contributed by atoms with van der Waals surface area (Å²) in [7, 11) is 0. The van der Waals surface area contributed by atoms with Crippen molar-refractivity contribution >= 4 is 0 Å². The van der Waals surface area contributed by atoms with Crippen LogP contribution in [0.15, 0.2) is 23.8 Å².